The van der Waals surface area contributed by atoms with Crippen LogP contribution < -0.4 is 0 Å². The molecule has 0 radical (unpaired) electrons. The van der Waals surface area contributed by atoms with Gasteiger partial charge < -0.3 is 14.2 Å². The average Bonchev–Trinajstić information content (AvgIpc) is 3.28. The molecule has 2 fully saturated rings. The Morgan fingerprint density at radius 3 is 2.83 bits per heavy atom. The van der Waals surface area contributed by atoms with E-state index in [-0.39, 0.29) is 29.7 Å². The lowest BCUT2D eigenvalue weighted by Gasteiger charge is -2.31. The Morgan fingerprint density at radius 2 is 2.12 bits per heavy atom. The maximum absolute atomic E-state index is 13.0. The van der Waals surface area contributed by atoms with E-state index in [4.69, 9.17) is 9.26 Å². The van der Waals surface area contributed by atoms with Crippen molar-refractivity contribution < 1.29 is 18.4 Å². The molecule has 6 nitrogen and oxygen atoms in total. The Labute approximate surface area is 138 Å². The zero-order valence-electron chi connectivity index (χ0n) is 13.3. The summed E-state index contributed by atoms with van der Waals surface area (Å²) >= 11 is 0. The molecule has 0 spiro atoms. The summed E-state index contributed by atoms with van der Waals surface area (Å²) in [4.78, 5) is 18.7. The standard InChI is InChI=1S/C17H18FN3O3/c1-10-19-16(20-24-10)15-9-21(6-7-23-15)17(22)14-8-13(14)11-2-4-12(18)5-3-11/h2-5,13-15H,6-9H2,1H3/t13-,14+,15-/m0/s1. The van der Waals surface area contributed by atoms with Crippen molar-refractivity contribution in [3.8, 4) is 0 Å². The van der Waals surface area contributed by atoms with Crippen LogP contribution in [0.15, 0.2) is 28.8 Å². The minimum Gasteiger partial charge on any atom is -0.366 e. The first-order valence-electron chi connectivity index (χ1n) is 8.08. The molecular formula is C17H18FN3O3. The molecule has 0 bridgehead atoms. The van der Waals surface area contributed by atoms with Crippen LogP contribution in [0, 0.1) is 18.7 Å². The van der Waals surface area contributed by atoms with Gasteiger partial charge in [0.1, 0.15) is 11.9 Å². The Balaban J connectivity index is 1.41. The second-order valence-corrected chi connectivity index (χ2v) is 6.32. The van der Waals surface area contributed by atoms with E-state index in [1.54, 1.807) is 19.1 Å². The number of carbonyl (C=O) groups is 1. The summed E-state index contributed by atoms with van der Waals surface area (Å²) in [5.41, 5.74) is 1.02. The van der Waals surface area contributed by atoms with Crippen molar-refractivity contribution in [2.45, 2.75) is 25.4 Å². The zero-order valence-corrected chi connectivity index (χ0v) is 13.3. The molecule has 1 aromatic carbocycles. The van der Waals surface area contributed by atoms with E-state index in [9.17, 15) is 9.18 Å². The van der Waals surface area contributed by atoms with Gasteiger partial charge in [-0.3, -0.25) is 4.79 Å². The molecule has 24 heavy (non-hydrogen) atoms. The van der Waals surface area contributed by atoms with Gasteiger partial charge in [0.2, 0.25) is 17.6 Å². The molecular weight excluding hydrogens is 313 g/mol. The molecule has 1 saturated heterocycles. The summed E-state index contributed by atoms with van der Waals surface area (Å²) in [6.07, 6.45) is 0.469. The lowest BCUT2D eigenvalue weighted by Crippen LogP contribution is -2.43. The predicted octanol–water partition coefficient (Wildman–Crippen LogP) is 2.22. The Kier molecular flexibility index (Phi) is 3.80. The van der Waals surface area contributed by atoms with Gasteiger partial charge in [-0.15, -0.1) is 0 Å². The smallest absolute Gasteiger partial charge is 0.226 e. The fraction of sp³-hybridized carbons (Fsp3) is 0.471. The van der Waals surface area contributed by atoms with Gasteiger partial charge in [0.05, 0.1) is 13.2 Å². The SMILES string of the molecule is Cc1nc([C@@H]2CN(C(=O)[C@@H]3C[C@H]3c3ccc(F)cc3)CCO2)no1. The summed E-state index contributed by atoms with van der Waals surface area (Å²) in [5.74, 6) is 0.992. The van der Waals surface area contributed by atoms with Gasteiger partial charge in [-0.1, -0.05) is 17.3 Å². The van der Waals surface area contributed by atoms with Gasteiger partial charge in [-0.25, -0.2) is 4.39 Å². The van der Waals surface area contributed by atoms with E-state index in [0.29, 0.717) is 31.4 Å². The minimum absolute atomic E-state index is 0.0267. The number of aryl methyl sites for hydroxylation is 1. The molecule has 4 rings (SSSR count). The number of rotatable bonds is 3. The average molecular weight is 331 g/mol. The van der Waals surface area contributed by atoms with Gasteiger partial charge in [-0.05, 0) is 30.0 Å². The van der Waals surface area contributed by atoms with E-state index >= 15 is 0 Å². The normalized spacial score (nSPS) is 26.4. The summed E-state index contributed by atoms with van der Waals surface area (Å²) in [7, 11) is 0. The van der Waals surface area contributed by atoms with E-state index < -0.39 is 0 Å². The van der Waals surface area contributed by atoms with Crippen molar-refractivity contribution in [3.63, 3.8) is 0 Å². The van der Waals surface area contributed by atoms with Crippen molar-refractivity contribution in [2.75, 3.05) is 19.7 Å². The van der Waals surface area contributed by atoms with Gasteiger partial charge in [0, 0.05) is 19.4 Å². The molecule has 1 aliphatic carbocycles. The number of amides is 1. The van der Waals surface area contributed by atoms with Crippen LogP contribution in [0.25, 0.3) is 0 Å². The van der Waals surface area contributed by atoms with Gasteiger partial charge in [0.25, 0.3) is 0 Å². The third kappa shape index (κ3) is 2.91. The number of benzene rings is 1. The number of carbonyl (C=O) groups excluding carboxylic acids is 1. The summed E-state index contributed by atoms with van der Waals surface area (Å²) in [5, 5.41) is 3.88. The first kappa shape index (κ1) is 15.3. The van der Waals surface area contributed by atoms with Crippen LogP contribution >= 0.6 is 0 Å². The molecule has 1 aliphatic heterocycles. The maximum Gasteiger partial charge on any atom is 0.226 e. The molecule has 1 amide bonds. The zero-order chi connectivity index (χ0) is 16.7. The Morgan fingerprint density at radius 1 is 1.33 bits per heavy atom. The number of halogens is 1. The fourth-order valence-corrected chi connectivity index (χ4v) is 3.23. The molecule has 1 saturated carbocycles. The summed E-state index contributed by atoms with van der Waals surface area (Å²) < 4.78 is 23.7. The first-order valence-corrected chi connectivity index (χ1v) is 8.08. The van der Waals surface area contributed by atoms with E-state index in [1.807, 2.05) is 4.90 Å². The van der Waals surface area contributed by atoms with Crippen LogP contribution in [0.5, 0.6) is 0 Å². The van der Waals surface area contributed by atoms with Crippen LogP contribution in [-0.2, 0) is 9.53 Å². The van der Waals surface area contributed by atoms with E-state index in [1.165, 1.54) is 12.1 Å². The topological polar surface area (TPSA) is 68.5 Å². The summed E-state index contributed by atoms with van der Waals surface area (Å²) in [6.45, 7) is 3.18. The summed E-state index contributed by atoms with van der Waals surface area (Å²) in [6, 6.07) is 6.41. The Bertz CT molecular complexity index is 746. The lowest BCUT2D eigenvalue weighted by molar-refractivity contribution is -0.140. The van der Waals surface area contributed by atoms with Crippen LogP contribution in [0.1, 0.15) is 35.7 Å². The number of aromatic nitrogens is 2. The van der Waals surface area contributed by atoms with Crippen LogP contribution in [0.2, 0.25) is 0 Å². The Hall–Kier alpha value is -2.28. The number of hydrogen-bond acceptors (Lipinski definition) is 5. The molecule has 0 unspecified atom stereocenters. The molecule has 7 heteroatoms. The van der Waals surface area contributed by atoms with Gasteiger partial charge >= 0.3 is 0 Å². The second kappa shape index (κ2) is 5.98. The minimum atomic E-state index is -0.344. The molecule has 1 aromatic heterocycles. The third-order valence-electron chi connectivity index (χ3n) is 4.62. The quantitative estimate of drug-likeness (QED) is 0.863. The molecule has 126 valence electrons. The van der Waals surface area contributed by atoms with Crippen LogP contribution in [0.3, 0.4) is 0 Å². The molecule has 0 N–H and O–H groups in total. The highest BCUT2D eigenvalue weighted by Crippen LogP contribution is 2.48. The highest BCUT2D eigenvalue weighted by atomic mass is 19.1. The first-order chi connectivity index (χ1) is 11.6. The van der Waals surface area contributed by atoms with Gasteiger partial charge in [0.15, 0.2) is 0 Å². The van der Waals surface area contributed by atoms with Crippen molar-refractivity contribution >= 4 is 5.91 Å². The highest BCUT2D eigenvalue weighted by molar-refractivity contribution is 5.83. The van der Waals surface area contributed by atoms with E-state index in [2.05, 4.69) is 10.1 Å². The van der Waals surface area contributed by atoms with Gasteiger partial charge in [-0.2, -0.15) is 4.98 Å². The second-order valence-electron chi connectivity index (χ2n) is 6.32. The van der Waals surface area contributed by atoms with E-state index in [0.717, 1.165) is 12.0 Å². The lowest BCUT2D eigenvalue weighted by atomic mass is 10.1. The monoisotopic (exact) mass is 331 g/mol. The highest BCUT2D eigenvalue weighted by Gasteiger charge is 2.46. The molecule has 2 aromatic rings. The fourth-order valence-electron chi connectivity index (χ4n) is 3.23. The number of morpholine rings is 1. The van der Waals surface area contributed by atoms with Crippen molar-refractivity contribution in [3.05, 3.63) is 47.4 Å². The number of ether oxygens (including phenoxy) is 1. The largest absolute Gasteiger partial charge is 0.366 e. The van der Waals surface area contributed by atoms with Crippen molar-refractivity contribution in [1.82, 2.24) is 15.0 Å². The van der Waals surface area contributed by atoms with Crippen LogP contribution in [-0.4, -0.2) is 40.6 Å². The molecule has 2 aliphatic rings. The third-order valence-corrected chi connectivity index (χ3v) is 4.62. The molecule has 3 atom stereocenters. The maximum atomic E-state index is 13.0. The van der Waals surface area contributed by atoms with Crippen LogP contribution in [0.4, 0.5) is 4.39 Å². The molecule has 2 heterocycles. The van der Waals surface area contributed by atoms with Crippen molar-refractivity contribution in [1.29, 1.82) is 0 Å². The van der Waals surface area contributed by atoms with Crippen molar-refractivity contribution in [2.24, 2.45) is 5.92 Å². The predicted molar refractivity (Wildman–Crippen MR) is 81.6 cm³/mol. The number of hydrogen-bond donors (Lipinski definition) is 0. The number of nitrogens with zero attached hydrogens (tertiary/aromatic N) is 3.